The third kappa shape index (κ3) is 5.72. The van der Waals surface area contributed by atoms with Crippen molar-refractivity contribution in [2.45, 2.75) is 45.4 Å². The van der Waals surface area contributed by atoms with Gasteiger partial charge in [-0.25, -0.2) is 0 Å². The highest BCUT2D eigenvalue weighted by Crippen LogP contribution is 2.33. The number of hydrogen-bond acceptors (Lipinski definition) is 2. The maximum atomic E-state index is 6.02. The summed E-state index contributed by atoms with van der Waals surface area (Å²) in [7, 11) is 0. The van der Waals surface area contributed by atoms with E-state index in [0.717, 1.165) is 40.6 Å². The predicted molar refractivity (Wildman–Crippen MR) is 102 cm³/mol. The maximum Gasteiger partial charge on any atom is 0.127 e. The molecule has 0 aliphatic carbocycles. The van der Waals surface area contributed by atoms with Crippen molar-refractivity contribution < 1.29 is 9.47 Å². The molecule has 2 nitrogen and oxygen atoms in total. The van der Waals surface area contributed by atoms with E-state index in [1.807, 2.05) is 25.1 Å². The van der Waals surface area contributed by atoms with Crippen molar-refractivity contribution in [3.8, 4) is 11.5 Å². The van der Waals surface area contributed by atoms with Crippen LogP contribution in [0.2, 0.25) is 0 Å². The van der Waals surface area contributed by atoms with Crippen LogP contribution in [0.4, 0.5) is 0 Å². The normalized spacial score (nSPS) is 10.9. The van der Waals surface area contributed by atoms with Gasteiger partial charge < -0.3 is 9.47 Å². The Bertz CT molecular complexity index is 583. The summed E-state index contributed by atoms with van der Waals surface area (Å²) in [5, 5.41) is 3.39. The molecule has 0 saturated carbocycles. The van der Waals surface area contributed by atoms with E-state index < -0.39 is 0 Å². The molecule has 0 unspecified atom stereocenters. The zero-order valence-corrected chi connectivity index (χ0v) is 15.6. The van der Waals surface area contributed by atoms with E-state index in [0.29, 0.717) is 6.61 Å². The zero-order valence-electron chi connectivity index (χ0n) is 14.0. The molecule has 2 aromatic carbocycles. The van der Waals surface area contributed by atoms with Gasteiger partial charge in [0.1, 0.15) is 11.5 Å². The molecule has 0 amide bonds. The monoisotopic (exact) mass is 378 g/mol. The number of fused-ring (bicyclic) bond motifs is 1. The Kier molecular flexibility index (Phi) is 8.30. The number of rotatable bonds is 11. The molecule has 0 atom stereocenters. The fourth-order valence-corrected chi connectivity index (χ4v) is 3.13. The highest BCUT2D eigenvalue weighted by Gasteiger charge is 2.07. The minimum atomic E-state index is 0.680. The highest BCUT2D eigenvalue weighted by atomic mass is 79.9. The molecule has 126 valence electrons. The minimum absolute atomic E-state index is 0.680. The Morgan fingerprint density at radius 3 is 1.91 bits per heavy atom. The number of hydrogen-bond donors (Lipinski definition) is 0. The van der Waals surface area contributed by atoms with Crippen molar-refractivity contribution in [3.05, 3.63) is 36.4 Å². The lowest BCUT2D eigenvalue weighted by Gasteiger charge is -2.12. The van der Waals surface area contributed by atoms with Gasteiger partial charge >= 0.3 is 0 Å². The first-order chi connectivity index (χ1) is 11.4. The number of benzene rings is 2. The van der Waals surface area contributed by atoms with Crippen LogP contribution < -0.4 is 9.47 Å². The molecule has 0 heterocycles. The van der Waals surface area contributed by atoms with Gasteiger partial charge in [-0.05, 0) is 31.9 Å². The Morgan fingerprint density at radius 2 is 1.30 bits per heavy atom. The van der Waals surface area contributed by atoms with E-state index in [1.54, 1.807) is 0 Å². The fourth-order valence-electron chi connectivity index (χ4n) is 2.74. The Morgan fingerprint density at radius 1 is 0.739 bits per heavy atom. The first kappa shape index (κ1) is 18.1. The molecule has 0 bridgehead atoms. The van der Waals surface area contributed by atoms with Crippen LogP contribution in [0.3, 0.4) is 0 Å². The molecule has 0 radical (unpaired) electrons. The topological polar surface area (TPSA) is 18.5 Å². The zero-order chi connectivity index (χ0) is 16.3. The van der Waals surface area contributed by atoms with Gasteiger partial charge in [0.25, 0.3) is 0 Å². The van der Waals surface area contributed by atoms with Crippen molar-refractivity contribution in [2.24, 2.45) is 0 Å². The van der Waals surface area contributed by atoms with Crippen LogP contribution in [-0.2, 0) is 0 Å². The van der Waals surface area contributed by atoms with Crippen LogP contribution in [0.1, 0.15) is 45.4 Å². The van der Waals surface area contributed by atoms with Crippen molar-refractivity contribution in [3.63, 3.8) is 0 Å². The van der Waals surface area contributed by atoms with Gasteiger partial charge in [0, 0.05) is 16.1 Å². The standard InChI is InChI=1S/C20H27BrO2/c1-2-22-19-13-14-20(18-12-8-7-11-17(18)19)23-16-10-6-4-3-5-9-15-21/h7-8,11-14H,2-6,9-10,15-16H2,1H3. The van der Waals surface area contributed by atoms with E-state index in [4.69, 9.17) is 9.47 Å². The summed E-state index contributed by atoms with van der Waals surface area (Å²) in [5.74, 6) is 1.89. The molecule has 0 aromatic heterocycles. The average Bonchev–Trinajstić information content (AvgIpc) is 2.59. The number of halogens is 1. The molecular formula is C20H27BrO2. The third-order valence-corrected chi connectivity index (χ3v) is 4.49. The fraction of sp³-hybridized carbons (Fsp3) is 0.500. The van der Waals surface area contributed by atoms with E-state index in [9.17, 15) is 0 Å². The molecule has 0 aliphatic heterocycles. The van der Waals surface area contributed by atoms with Crippen molar-refractivity contribution in [1.29, 1.82) is 0 Å². The van der Waals surface area contributed by atoms with Gasteiger partial charge in [0.2, 0.25) is 0 Å². The van der Waals surface area contributed by atoms with E-state index in [1.165, 1.54) is 32.1 Å². The van der Waals surface area contributed by atoms with Crippen molar-refractivity contribution in [1.82, 2.24) is 0 Å². The Labute approximate surface area is 148 Å². The second-order valence-corrected chi connectivity index (χ2v) is 6.49. The second-order valence-electron chi connectivity index (χ2n) is 5.70. The van der Waals surface area contributed by atoms with Gasteiger partial charge in [0.05, 0.1) is 13.2 Å². The SMILES string of the molecule is CCOc1ccc(OCCCCCCCCBr)c2ccccc12. The van der Waals surface area contributed by atoms with Crippen LogP contribution in [0.25, 0.3) is 10.8 Å². The molecule has 0 aliphatic rings. The Hall–Kier alpha value is -1.22. The quantitative estimate of drug-likeness (QED) is 0.334. The smallest absolute Gasteiger partial charge is 0.127 e. The largest absolute Gasteiger partial charge is 0.493 e. The number of ether oxygens (including phenoxy) is 2. The molecule has 2 rings (SSSR count). The predicted octanol–water partition coefficient (Wildman–Crippen LogP) is 6.35. The lowest BCUT2D eigenvalue weighted by atomic mass is 10.1. The maximum absolute atomic E-state index is 6.02. The van der Waals surface area contributed by atoms with Crippen molar-refractivity contribution >= 4 is 26.7 Å². The van der Waals surface area contributed by atoms with E-state index in [-0.39, 0.29) is 0 Å². The first-order valence-corrected chi connectivity index (χ1v) is 9.82. The highest BCUT2D eigenvalue weighted by molar-refractivity contribution is 9.09. The molecular weight excluding hydrogens is 352 g/mol. The van der Waals surface area contributed by atoms with Gasteiger partial charge in [0.15, 0.2) is 0 Å². The average molecular weight is 379 g/mol. The summed E-state index contributed by atoms with van der Waals surface area (Å²) in [5.41, 5.74) is 0. The van der Waals surface area contributed by atoms with E-state index in [2.05, 4.69) is 34.1 Å². The molecule has 3 heteroatoms. The lowest BCUT2D eigenvalue weighted by Crippen LogP contribution is -1.99. The van der Waals surface area contributed by atoms with Crippen LogP contribution in [0.5, 0.6) is 11.5 Å². The van der Waals surface area contributed by atoms with Gasteiger partial charge in [-0.1, -0.05) is 65.9 Å². The molecule has 0 fully saturated rings. The van der Waals surface area contributed by atoms with Crippen molar-refractivity contribution in [2.75, 3.05) is 18.5 Å². The van der Waals surface area contributed by atoms with Crippen LogP contribution in [0, 0.1) is 0 Å². The molecule has 2 aromatic rings. The molecule has 23 heavy (non-hydrogen) atoms. The van der Waals surface area contributed by atoms with Gasteiger partial charge in [-0.2, -0.15) is 0 Å². The lowest BCUT2D eigenvalue weighted by molar-refractivity contribution is 0.306. The summed E-state index contributed by atoms with van der Waals surface area (Å²) in [6.45, 7) is 3.48. The minimum Gasteiger partial charge on any atom is -0.493 e. The van der Waals surface area contributed by atoms with Crippen LogP contribution >= 0.6 is 15.9 Å². The number of alkyl halides is 1. The summed E-state index contributed by atoms with van der Waals surface area (Å²) >= 11 is 3.47. The summed E-state index contributed by atoms with van der Waals surface area (Å²) < 4.78 is 11.7. The third-order valence-electron chi connectivity index (χ3n) is 3.93. The van der Waals surface area contributed by atoms with Gasteiger partial charge in [-0.15, -0.1) is 0 Å². The second kappa shape index (κ2) is 10.5. The van der Waals surface area contributed by atoms with Crippen LogP contribution in [-0.4, -0.2) is 18.5 Å². The van der Waals surface area contributed by atoms with Crippen LogP contribution in [0.15, 0.2) is 36.4 Å². The van der Waals surface area contributed by atoms with Gasteiger partial charge in [-0.3, -0.25) is 0 Å². The summed E-state index contributed by atoms with van der Waals surface area (Å²) in [6.07, 6.45) is 7.62. The van der Waals surface area contributed by atoms with E-state index >= 15 is 0 Å². The molecule has 0 saturated heterocycles. The Balaban J connectivity index is 1.85. The molecule has 0 N–H and O–H groups in total. The molecule has 0 spiro atoms. The number of unbranched alkanes of at least 4 members (excludes halogenated alkanes) is 5. The summed E-state index contributed by atoms with van der Waals surface area (Å²) in [6, 6.07) is 12.3. The first-order valence-electron chi connectivity index (χ1n) is 8.70. The summed E-state index contributed by atoms with van der Waals surface area (Å²) in [4.78, 5) is 0.